The Hall–Kier alpha value is -7.50. The Bertz CT molecular complexity index is 2810. The minimum absolute atomic E-state index is 0.0961. The summed E-state index contributed by atoms with van der Waals surface area (Å²) in [7, 11) is 0.0961. The fourth-order valence-corrected chi connectivity index (χ4v) is 7.86. The van der Waals surface area contributed by atoms with Crippen molar-refractivity contribution in [2.75, 3.05) is 9.80 Å². The second-order valence-electron chi connectivity index (χ2n) is 14.1. The van der Waals surface area contributed by atoms with Gasteiger partial charge in [0.15, 0.2) is 0 Å². The summed E-state index contributed by atoms with van der Waals surface area (Å²) < 4.78 is 12.3. The third-order valence-corrected chi connectivity index (χ3v) is 10.6. The van der Waals surface area contributed by atoms with Crippen LogP contribution in [0.1, 0.15) is 0 Å². The van der Waals surface area contributed by atoms with E-state index in [4.69, 9.17) is 9.31 Å². The van der Waals surface area contributed by atoms with Crippen LogP contribution in [0.2, 0.25) is 0 Å². The molecule has 0 amide bonds. The third kappa shape index (κ3) is 6.77. The summed E-state index contributed by atoms with van der Waals surface area (Å²) in [6.07, 6.45) is 0. The SMILES string of the molecule is B(Oc1ccc2cc(N(c3ccccc3)c3cccc4ccccc34)ccc2c1)Oc1ccc2cc(N(c3ccccc3)c3cccc4ccccc34)ccc2c1. The molecule has 0 aromatic heterocycles. The predicted octanol–water partition coefficient (Wildman–Crippen LogP) is 14.0. The lowest BCUT2D eigenvalue weighted by Gasteiger charge is -2.27. The molecule has 0 saturated heterocycles. The number of hydrogen-bond donors (Lipinski definition) is 0. The maximum atomic E-state index is 6.14. The molecule has 0 spiro atoms. The van der Waals surface area contributed by atoms with Crippen LogP contribution in [0.3, 0.4) is 0 Å². The van der Waals surface area contributed by atoms with E-state index in [9.17, 15) is 0 Å². The second kappa shape index (κ2) is 15.0. The van der Waals surface area contributed by atoms with Gasteiger partial charge in [0.25, 0.3) is 0 Å². The fraction of sp³-hybridized carbons (Fsp3) is 0. The molecule has 270 valence electrons. The number of para-hydroxylation sites is 2. The van der Waals surface area contributed by atoms with Gasteiger partial charge in [0.2, 0.25) is 0 Å². The largest absolute Gasteiger partial charge is 0.576 e. The lowest BCUT2D eigenvalue weighted by molar-refractivity contribution is 0.460. The van der Waals surface area contributed by atoms with Crippen molar-refractivity contribution in [1.29, 1.82) is 0 Å². The van der Waals surface area contributed by atoms with Gasteiger partial charge in [0.1, 0.15) is 11.5 Å². The molecule has 0 saturated carbocycles. The normalized spacial score (nSPS) is 11.2. The summed E-state index contributed by atoms with van der Waals surface area (Å²) in [6, 6.07) is 76.7. The molecule has 0 aliphatic heterocycles. The number of benzene rings is 10. The van der Waals surface area contributed by atoms with Gasteiger partial charge in [-0.3, -0.25) is 0 Å². The van der Waals surface area contributed by atoms with E-state index in [-0.39, 0.29) is 7.69 Å². The Morgan fingerprint density at radius 3 is 1.14 bits per heavy atom. The van der Waals surface area contributed by atoms with Crippen LogP contribution in [0.4, 0.5) is 34.1 Å². The summed E-state index contributed by atoms with van der Waals surface area (Å²) in [5.41, 5.74) is 6.67. The molecule has 0 heterocycles. The molecule has 0 atom stereocenters. The Morgan fingerprint density at radius 2 is 0.667 bits per heavy atom. The first-order valence-electron chi connectivity index (χ1n) is 19.2. The van der Waals surface area contributed by atoms with Crippen molar-refractivity contribution in [1.82, 2.24) is 0 Å². The quantitative estimate of drug-likeness (QED) is 0.131. The molecule has 0 bridgehead atoms. The highest BCUT2D eigenvalue weighted by Crippen LogP contribution is 2.41. The molecule has 0 unspecified atom stereocenters. The summed E-state index contributed by atoms with van der Waals surface area (Å²) in [5.74, 6) is 1.51. The van der Waals surface area contributed by atoms with E-state index < -0.39 is 0 Å². The predicted molar refractivity (Wildman–Crippen MR) is 241 cm³/mol. The van der Waals surface area contributed by atoms with Crippen LogP contribution in [0.25, 0.3) is 43.1 Å². The molecule has 57 heavy (non-hydrogen) atoms. The van der Waals surface area contributed by atoms with Gasteiger partial charge in [-0.1, -0.05) is 133 Å². The first kappa shape index (κ1) is 34.0. The van der Waals surface area contributed by atoms with Crippen molar-refractivity contribution in [3.63, 3.8) is 0 Å². The zero-order valence-electron chi connectivity index (χ0n) is 31.2. The monoisotopic (exact) mass is 732 g/mol. The third-order valence-electron chi connectivity index (χ3n) is 10.6. The van der Waals surface area contributed by atoms with E-state index >= 15 is 0 Å². The lowest BCUT2D eigenvalue weighted by atomic mass is 10.0. The zero-order valence-corrected chi connectivity index (χ0v) is 31.2. The van der Waals surface area contributed by atoms with E-state index in [1.165, 1.54) is 21.5 Å². The Morgan fingerprint density at radius 1 is 0.281 bits per heavy atom. The molecule has 10 aromatic carbocycles. The number of anilines is 6. The number of nitrogens with zero attached hydrogens (tertiary/aromatic N) is 2. The maximum Gasteiger partial charge on any atom is 0.576 e. The molecule has 0 aliphatic carbocycles. The smallest absolute Gasteiger partial charge is 0.529 e. The van der Waals surface area contributed by atoms with Crippen molar-refractivity contribution >= 4 is 84.9 Å². The van der Waals surface area contributed by atoms with Gasteiger partial charge in [-0.05, 0) is 117 Å². The van der Waals surface area contributed by atoms with Crippen LogP contribution in [-0.4, -0.2) is 7.69 Å². The first-order chi connectivity index (χ1) is 28.2. The Kier molecular flexibility index (Phi) is 8.94. The van der Waals surface area contributed by atoms with Crippen molar-refractivity contribution < 1.29 is 9.31 Å². The van der Waals surface area contributed by atoms with Crippen molar-refractivity contribution in [3.8, 4) is 11.5 Å². The fourth-order valence-electron chi connectivity index (χ4n) is 7.86. The Balaban J connectivity index is 0.874. The van der Waals surface area contributed by atoms with Crippen LogP contribution < -0.4 is 19.1 Å². The van der Waals surface area contributed by atoms with E-state index in [0.717, 1.165) is 67.2 Å². The molecule has 0 radical (unpaired) electrons. The molecule has 5 heteroatoms. The Labute approximate surface area is 332 Å². The van der Waals surface area contributed by atoms with Gasteiger partial charge in [-0.25, -0.2) is 0 Å². The van der Waals surface area contributed by atoms with Crippen LogP contribution in [0.15, 0.2) is 218 Å². The molecular formula is C52H37BN2O2. The first-order valence-corrected chi connectivity index (χ1v) is 19.2. The maximum absolute atomic E-state index is 6.14. The lowest BCUT2D eigenvalue weighted by Crippen LogP contribution is -2.11. The van der Waals surface area contributed by atoms with Crippen LogP contribution >= 0.6 is 0 Å². The molecule has 0 fully saturated rings. The van der Waals surface area contributed by atoms with Gasteiger partial charge in [-0.15, -0.1) is 0 Å². The van der Waals surface area contributed by atoms with Gasteiger partial charge < -0.3 is 19.1 Å². The zero-order chi connectivity index (χ0) is 38.0. The van der Waals surface area contributed by atoms with E-state index in [1.54, 1.807) is 0 Å². The highest BCUT2D eigenvalue weighted by atomic mass is 16.6. The second-order valence-corrected chi connectivity index (χ2v) is 14.1. The summed E-state index contributed by atoms with van der Waals surface area (Å²) in [4.78, 5) is 4.66. The van der Waals surface area contributed by atoms with Crippen LogP contribution in [0.5, 0.6) is 11.5 Å². The van der Waals surface area contributed by atoms with Crippen molar-refractivity contribution in [3.05, 3.63) is 218 Å². The minimum Gasteiger partial charge on any atom is -0.529 e. The van der Waals surface area contributed by atoms with E-state index in [0.29, 0.717) is 0 Å². The number of hydrogen-bond acceptors (Lipinski definition) is 4. The van der Waals surface area contributed by atoms with Gasteiger partial charge in [0, 0.05) is 33.5 Å². The minimum atomic E-state index is 0.0961. The molecule has 10 aromatic rings. The molecular weight excluding hydrogens is 695 g/mol. The van der Waals surface area contributed by atoms with Crippen LogP contribution in [0, 0.1) is 0 Å². The molecule has 10 rings (SSSR count). The topological polar surface area (TPSA) is 24.9 Å². The van der Waals surface area contributed by atoms with Gasteiger partial charge in [-0.2, -0.15) is 0 Å². The number of rotatable bonds is 10. The van der Waals surface area contributed by atoms with Gasteiger partial charge >= 0.3 is 7.69 Å². The summed E-state index contributed by atoms with van der Waals surface area (Å²) in [6.45, 7) is 0. The highest BCUT2D eigenvalue weighted by Gasteiger charge is 2.17. The highest BCUT2D eigenvalue weighted by molar-refractivity contribution is 6.21. The van der Waals surface area contributed by atoms with E-state index in [1.807, 2.05) is 12.1 Å². The summed E-state index contributed by atoms with van der Waals surface area (Å²) >= 11 is 0. The summed E-state index contributed by atoms with van der Waals surface area (Å²) in [5, 5.41) is 9.27. The van der Waals surface area contributed by atoms with E-state index in [2.05, 4.69) is 216 Å². The van der Waals surface area contributed by atoms with Crippen molar-refractivity contribution in [2.45, 2.75) is 0 Å². The average molecular weight is 733 g/mol. The van der Waals surface area contributed by atoms with Gasteiger partial charge in [0.05, 0.1) is 11.4 Å². The standard InChI is InChI=1S/C52H37BN2O2/c1-3-17-43(18-4-1)54(51-23-11-15-37-13-7-9-21-49(37)51)45-29-25-41-35-47(31-27-39(41)33-45)56-53-57-48-32-28-40-34-46(30-26-42(40)36-48)55(44-19-5-2-6-20-44)52-24-12-16-38-14-8-10-22-50(38)52/h1-36,53H. The molecule has 0 N–H and O–H groups in total. The van der Waals surface area contributed by atoms with Crippen molar-refractivity contribution in [2.24, 2.45) is 0 Å². The molecule has 0 aliphatic rings. The molecule has 4 nitrogen and oxygen atoms in total. The average Bonchev–Trinajstić information content (AvgIpc) is 3.27. The number of fused-ring (bicyclic) bond motifs is 4. The van der Waals surface area contributed by atoms with Crippen LogP contribution in [-0.2, 0) is 0 Å².